The summed E-state index contributed by atoms with van der Waals surface area (Å²) < 4.78 is 65.8. The number of rotatable bonds is 9. The second-order valence-electron chi connectivity index (χ2n) is 4.98. The molecule has 14 heteroatoms. The molecule has 2 rings (SSSR count). The van der Waals surface area contributed by atoms with Gasteiger partial charge < -0.3 is 14.2 Å². The summed E-state index contributed by atoms with van der Waals surface area (Å²) >= 11 is 0. The molecule has 158 valence electrons. The molecule has 1 heterocycles. The Morgan fingerprint density at radius 3 is 2.21 bits per heavy atom. The van der Waals surface area contributed by atoms with E-state index < -0.39 is 33.3 Å². The number of anilines is 1. The van der Waals surface area contributed by atoms with Gasteiger partial charge in [-0.2, -0.15) is 18.7 Å². The highest BCUT2D eigenvalue weighted by molar-refractivity contribution is 7.90. The number of para-hydroxylation sites is 1. The summed E-state index contributed by atoms with van der Waals surface area (Å²) in [5, 5.41) is 2.09. The van der Waals surface area contributed by atoms with Crippen molar-refractivity contribution >= 4 is 22.0 Å². The van der Waals surface area contributed by atoms with E-state index >= 15 is 0 Å². The van der Waals surface area contributed by atoms with Crippen LogP contribution in [0.5, 0.6) is 17.8 Å². The Labute approximate surface area is 164 Å². The molecule has 2 aromatic rings. The Morgan fingerprint density at radius 2 is 1.66 bits per heavy atom. The lowest BCUT2D eigenvalue weighted by molar-refractivity contribution is -0.0517. The van der Waals surface area contributed by atoms with E-state index in [0.717, 1.165) is 12.1 Å². The molecule has 0 aliphatic heterocycles. The van der Waals surface area contributed by atoms with Crippen molar-refractivity contribution in [2.24, 2.45) is 0 Å². The van der Waals surface area contributed by atoms with Gasteiger partial charge >= 0.3 is 24.7 Å². The van der Waals surface area contributed by atoms with Crippen LogP contribution in [-0.2, 0) is 10.0 Å². The first-order valence-corrected chi connectivity index (χ1v) is 9.62. The van der Waals surface area contributed by atoms with E-state index in [0.29, 0.717) is 0 Å². The third-order valence-electron chi connectivity index (χ3n) is 2.95. The molecule has 0 aliphatic rings. The van der Waals surface area contributed by atoms with E-state index in [9.17, 15) is 22.0 Å². The van der Waals surface area contributed by atoms with E-state index in [2.05, 4.69) is 25.0 Å². The first-order valence-electron chi connectivity index (χ1n) is 8.14. The molecule has 0 saturated heterocycles. The fourth-order valence-electron chi connectivity index (χ4n) is 1.95. The van der Waals surface area contributed by atoms with Gasteiger partial charge in [0, 0.05) is 0 Å². The number of halogens is 2. The largest absolute Gasteiger partial charge is 0.464 e. The SMILES string of the molecule is CCOc1nc(NC(=O)NS(=O)(=O)c2ccccc2OC(F)F)nc(OCC)n1. The molecule has 0 aliphatic carbocycles. The smallest absolute Gasteiger partial charge is 0.387 e. The molecular formula is C15H17F2N5O6S. The van der Waals surface area contributed by atoms with Crippen LogP contribution < -0.4 is 24.2 Å². The summed E-state index contributed by atoms with van der Waals surface area (Å²) in [7, 11) is -4.55. The van der Waals surface area contributed by atoms with E-state index in [4.69, 9.17) is 9.47 Å². The van der Waals surface area contributed by atoms with Crippen molar-refractivity contribution in [3.8, 4) is 17.8 Å². The first kappa shape index (κ1) is 22.0. The predicted molar refractivity (Wildman–Crippen MR) is 94.6 cm³/mol. The maximum atomic E-state index is 12.5. The molecule has 1 aromatic heterocycles. The molecule has 11 nitrogen and oxygen atoms in total. The van der Waals surface area contributed by atoms with Crippen LogP contribution in [0.1, 0.15) is 13.8 Å². The second kappa shape index (κ2) is 9.77. The number of hydrogen-bond donors (Lipinski definition) is 2. The van der Waals surface area contributed by atoms with Gasteiger partial charge in [0.25, 0.3) is 10.0 Å². The fourth-order valence-corrected chi connectivity index (χ4v) is 2.99. The van der Waals surface area contributed by atoms with Crippen molar-refractivity contribution in [3.63, 3.8) is 0 Å². The Balaban J connectivity index is 2.20. The highest BCUT2D eigenvalue weighted by Gasteiger charge is 2.24. The number of sulfonamides is 1. The summed E-state index contributed by atoms with van der Waals surface area (Å²) in [6, 6.07) is 3.03. The van der Waals surface area contributed by atoms with Crippen LogP contribution in [0.2, 0.25) is 0 Å². The Hall–Kier alpha value is -3.29. The molecule has 0 radical (unpaired) electrons. The van der Waals surface area contributed by atoms with Crippen molar-refractivity contribution in [3.05, 3.63) is 24.3 Å². The molecule has 0 spiro atoms. The van der Waals surface area contributed by atoms with Gasteiger partial charge in [0.1, 0.15) is 10.6 Å². The lowest BCUT2D eigenvalue weighted by atomic mass is 10.3. The van der Waals surface area contributed by atoms with Crippen LogP contribution in [0.4, 0.5) is 19.5 Å². The first-order chi connectivity index (χ1) is 13.7. The third kappa shape index (κ3) is 6.38. The Morgan fingerprint density at radius 1 is 1.07 bits per heavy atom. The summed E-state index contributed by atoms with van der Waals surface area (Å²) in [6.07, 6.45) is 0. The molecule has 0 unspecified atom stereocenters. The van der Waals surface area contributed by atoms with E-state index in [1.54, 1.807) is 18.6 Å². The Bertz CT molecular complexity index is 936. The maximum absolute atomic E-state index is 12.5. The number of nitrogens with one attached hydrogen (secondary N) is 2. The highest BCUT2D eigenvalue weighted by atomic mass is 32.2. The van der Waals surface area contributed by atoms with E-state index in [1.807, 2.05) is 0 Å². The number of carbonyl (C=O) groups is 1. The fraction of sp³-hybridized carbons (Fsp3) is 0.333. The van der Waals surface area contributed by atoms with Crippen LogP contribution >= 0.6 is 0 Å². The summed E-state index contributed by atoms with van der Waals surface area (Å²) in [5.41, 5.74) is 0. The van der Waals surface area contributed by atoms with Crippen molar-refractivity contribution < 1.29 is 36.2 Å². The number of benzene rings is 1. The van der Waals surface area contributed by atoms with Gasteiger partial charge in [0.2, 0.25) is 5.95 Å². The third-order valence-corrected chi connectivity index (χ3v) is 4.32. The number of amides is 2. The number of carbonyl (C=O) groups excluding carboxylic acids is 1. The quantitative estimate of drug-likeness (QED) is 0.605. The minimum Gasteiger partial charge on any atom is -0.464 e. The van der Waals surface area contributed by atoms with Crippen LogP contribution in [0.15, 0.2) is 29.2 Å². The van der Waals surface area contributed by atoms with Gasteiger partial charge in [-0.25, -0.2) is 17.9 Å². The standard InChI is InChI=1S/C15H17F2N5O6S/c1-3-26-14-19-12(20-15(21-14)27-4-2)18-13(23)22-29(24,25)10-8-6-5-7-9(10)28-11(16)17/h5-8,11H,3-4H2,1-2H3,(H2,18,19,20,21,22,23). The summed E-state index contributed by atoms with van der Waals surface area (Å²) in [6.45, 7) is 0.539. The van der Waals surface area contributed by atoms with Gasteiger partial charge in [0.05, 0.1) is 13.2 Å². The van der Waals surface area contributed by atoms with Gasteiger partial charge in [-0.15, -0.1) is 4.98 Å². The molecule has 2 amide bonds. The number of alkyl halides is 2. The molecule has 2 N–H and O–H groups in total. The topological polar surface area (TPSA) is 142 Å². The van der Waals surface area contributed by atoms with Crippen molar-refractivity contribution in [1.82, 2.24) is 19.7 Å². The van der Waals surface area contributed by atoms with Crippen molar-refractivity contribution in [2.75, 3.05) is 18.5 Å². The van der Waals surface area contributed by atoms with Crippen LogP contribution in [0, 0.1) is 0 Å². The molecule has 1 aromatic carbocycles. The minimum atomic E-state index is -4.55. The number of aromatic nitrogens is 3. The van der Waals surface area contributed by atoms with Crippen molar-refractivity contribution in [2.45, 2.75) is 25.4 Å². The number of nitrogens with zero attached hydrogens (tertiary/aromatic N) is 3. The molecule has 29 heavy (non-hydrogen) atoms. The number of urea groups is 1. The average Bonchev–Trinajstić information content (AvgIpc) is 2.61. The van der Waals surface area contributed by atoms with Gasteiger partial charge in [-0.05, 0) is 26.0 Å². The lowest BCUT2D eigenvalue weighted by Gasteiger charge is -2.12. The van der Waals surface area contributed by atoms with Crippen LogP contribution in [-0.4, -0.2) is 49.2 Å². The van der Waals surface area contributed by atoms with Gasteiger partial charge in [0.15, 0.2) is 0 Å². The number of hydrogen-bond acceptors (Lipinski definition) is 9. The van der Waals surface area contributed by atoms with Crippen LogP contribution in [0.25, 0.3) is 0 Å². The second-order valence-corrected chi connectivity index (χ2v) is 6.63. The zero-order valence-electron chi connectivity index (χ0n) is 15.3. The predicted octanol–water partition coefficient (Wildman–Crippen LogP) is 1.78. The normalized spacial score (nSPS) is 11.1. The summed E-state index contributed by atoms with van der Waals surface area (Å²) in [5.74, 6) is -0.975. The molecule has 0 bridgehead atoms. The summed E-state index contributed by atoms with van der Waals surface area (Å²) in [4.78, 5) is 22.9. The highest BCUT2D eigenvalue weighted by Crippen LogP contribution is 2.24. The molecular weight excluding hydrogens is 416 g/mol. The van der Waals surface area contributed by atoms with Gasteiger partial charge in [-0.1, -0.05) is 12.1 Å². The zero-order chi connectivity index (χ0) is 21.4. The maximum Gasteiger partial charge on any atom is 0.387 e. The van der Waals surface area contributed by atoms with Crippen LogP contribution in [0.3, 0.4) is 0 Å². The Kier molecular flexibility index (Phi) is 7.41. The lowest BCUT2D eigenvalue weighted by Crippen LogP contribution is -2.35. The van der Waals surface area contributed by atoms with Gasteiger partial charge in [-0.3, -0.25) is 5.32 Å². The van der Waals surface area contributed by atoms with E-state index in [1.165, 1.54) is 12.1 Å². The molecule has 0 atom stereocenters. The van der Waals surface area contributed by atoms with E-state index in [-0.39, 0.29) is 31.2 Å². The zero-order valence-corrected chi connectivity index (χ0v) is 16.1. The molecule has 0 saturated carbocycles. The minimum absolute atomic E-state index is 0.153. The monoisotopic (exact) mass is 433 g/mol. The average molecular weight is 433 g/mol. The molecule has 0 fully saturated rings. The number of ether oxygens (including phenoxy) is 3. The van der Waals surface area contributed by atoms with Crippen molar-refractivity contribution in [1.29, 1.82) is 0 Å².